The maximum Gasteiger partial charge on any atom is 0.213 e. The Kier molecular flexibility index (Phi) is 7.33. The first-order valence-electron chi connectivity index (χ1n) is 10.5. The Hall–Kier alpha value is -1.82. The van der Waals surface area contributed by atoms with Gasteiger partial charge in [-0.3, -0.25) is 0 Å². The number of hydrogen-bond acceptors (Lipinski definition) is 4. The third kappa shape index (κ3) is 6.69. The molecule has 0 amide bonds. The zero-order valence-corrected chi connectivity index (χ0v) is 17.1. The van der Waals surface area contributed by atoms with Crippen LogP contribution in [-0.2, 0) is 6.54 Å². The molecule has 1 aromatic heterocycles. The SMILES string of the molecule is CCNC(=NCc1ccc(OCC2CC2)nc1)NC1CCN(C(C)C)CC1. The van der Waals surface area contributed by atoms with E-state index < -0.39 is 0 Å². The molecule has 1 aromatic rings. The molecule has 2 aliphatic rings. The molecule has 27 heavy (non-hydrogen) atoms. The first kappa shape index (κ1) is 19.9. The quantitative estimate of drug-likeness (QED) is 0.542. The first-order valence-corrected chi connectivity index (χ1v) is 10.5. The number of aliphatic imine (C=N–C) groups is 1. The molecule has 1 saturated carbocycles. The van der Waals surface area contributed by atoms with Crippen molar-refractivity contribution in [3.05, 3.63) is 23.9 Å². The zero-order valence-electron chi connectivity index (χ0n) is 17.1. The van der Waals surface area contributed by atoms with Gasteiger partial charge in [-0.1, -0.05) is 6.07 Å². The maximum atomic E-state index is 5.70. The molecular weight excluding hydrogens is 338 g/mol. The molecule has 0 atom stereocenters. The third-order valence-corrected chi connectivity index (χ3v) is 5.33. The summed E-state index contributed by atoms with van der Waals surface area (Å²) in [5, 5.41) is 6.97. The highest BCUT2D eigenvalue weighted by molar-refractivity contribution is 5.80. The fourth-order valence-corrected chi connectivity index (χ4v) is 3.32. The number of nitrogens with zero attached hydrogens (tertiary/aromatic N) is 3. The van der Waals surface area contributed by atoms with Crippen molar-refractivity contribution in [2.75, 3.05) is 26.2 Å². The number of hydrogen-bond donors (Lipinski definition) is 2. The number of ether oxygens (including phenoxy) is 1. The van der Waals surface area contributed by atoms with Gasteiger partial charge < -0.3 is 20.3 Å². The Bertz CT molecular complexity index is 589. The summed E-state index contributed by atoms with van der Waals surface area (Å²) >= 11 is 0. The number of guanidine groups is 1. The van der Waals surface area contributed by atoms with Crippen LogP contribution >= 0.6 is 0 Å². The Morgan fingerprint density at radius 2 is 2.04 bits per heavy atom. The molecule has 150 valence electrons. The molecule has 1 aliphatic carbocycles. The van der Waals surface area contributed by atoms with Crippen LogP contribution in [0.1, 0.15) is 52.0 Å². The summed E-state index contributed by atoms with van der Waals surface area (Å²) in [6, 6.07) is 5.14. The predicted octanol–water partition coefficient (Wildman–Crippen LogP) is 2.80. The van der Waals surface area contributed by atoms with Gasteiger partial charge in [0, 0.05) is 44.0 Å². The molecule has 0 spiro atoms. The largest absolute Gasteiger partial charge is 0.477 e. The van der Waals surface area contributed by atoms with Gasteiger partial charge in [-0.25, -0.2) is 9.98 Å². The topological polar surface area (TPSA) is 61.8 Å². The minimum Gasteiger partial charge on any atom is -0.477 e. The van der Waals surface area contributed by atoms with Crippen LogP contribution in [0.15, 0.2) is 23.3 Å². The lowest BCUT2D eigenvalue weighted by atomic mass is 10.0. The normalized spacial score (nSPS) is 19.3. The Balaban J connectivity index is 1.47. The average molecular weight is 374 g/mol. The van der Waals surface area contributed by atoms with E-state index in [-0.39, 0.29) is 0 Å². The molecule has 2 N–H and O–H groups in total. The molecule has 2 fully saturated rings. The van der Waals surface area contributed by atoms with Crippen molar-refractivity contribution < 1.29 is 4.74 Å². The number of nitrogens with one attached hydrogen (secondary N) is 2. The van der Waals surface area contributed by atoms with Gasteiger partial charge in [0.25, 0.3) is 0 Å². The molecule has 1 saturated heterocycles. The van der Waals surface area contributed by atoms with Gasteiger partial charge in [-0.05, 0) is 57.9 Å². The smallest absolute Gasteiger partial charge is 0.213 e. The van der Waals surface area contributed by atoms with Crippen molar-refractivity contribution in [1.29, 1.82) is 0 Å². The lowest BCUT2D eigenvalue weighted by Gasteiger charge is -2.35. The van der Waals surface area contributed by atoms with Crippen molar-refractivity contribution >= 4 is 5.96 Å². The van der Waals surface area contributed by atoms with Crippen LogP contribution in [0.3, 0.4) is 0 Å². The van der Waals surface area contributed by atoms with Gasteiger partial charge in [0.1, 0.15) is 0 Å². The Labute approximate surface area is 163 Å². The van der Waals surface area contributed by atoms with E-state index in [0.29, 0.717) is 18.6 Å². The van der Waals surface area contributed by atoms with Gasteiger partial charge in [0.05, 0.1) is 13.2 Å². The predicted molar refractivity (Wildman–Crippen MR) is 110 cm³/mol. The third-order valence-electron chi connectivity index (χ3n) is 5.33. The molecule has 6 heteroatoms. The highest BCUT2D eigenvalue weighted by atomic mass is 16.5. The molecule has 6 nitrogen and oxygen atoms in total. The number of pyridine rings is 1. The summed E-state index contributed by atoms with van der Waals surface area (Å²) < 4.78 is 5.70. The van der Waals surface area contributed by atoms with Gasteiger partial charge in [-0.2, -0.15) is 0 Å². The molecule has 3 rings (SSSR count). The van der Waals surface area contributed by atoms with Crippen LogP contribution in [0, 0.1) is 5.92 Å². The summed E-state index contributed by atoms with van der Waals surface area (Å²) in [6.07, 6.45) is 6.79. The van der Waals surface area contributed by atoms with Crippen LogP contribution in [0.4, 0.5) is 0 Å². The van der Waals surface area contributed by atoms with E-state index in [1.807, 2.05) is 12.3 Å². The molecule has 0 unspecified atom stereocenters. The van der Waals surface area contributed by atoms with Gasteiger partial charge >= 0.3 is 0 Å². The zero-order chi connectivity index (χ0) is 19.1. The standard InChI is InChI=1S/C21H35N5O/c1-4-22-21(25-19-9-11-26(12-10-19)16(2)3)24-14-18-7-8-20(23-13-18)27-15-17-5-6-17/h7-8,13,16-17,19H,4-6,9-12,14-15H2,1-3H3,(H2,22,24,25). The van der Waals surface area contributed by atoms with Crippen LogP contribution in [0.25, 0.3) is 0 Å². The highest BCUT2D eigenvalue weighted by Gasteiger charge is 2.22. The van der Waals surface area contributed by atoms with E-state index in [4.69, 9.17) is 9.73 Å². The van der Waals surface area contributed by atoms with Gasteiger partial charge in [0.2, 0.25) is 5.88 Å². The van der Waals surface area contributed by atoms with E-state index >= 15 is 0 Å². The van der Waals surface area contributed by atoms with Crippen LogP contribution in [0.2, 0.25) is 0 Å². The van der Waals surface area contributed by atoms with E-state index in [1.54, 1.807) is 0 Å². The summed E-state index contributed by atoms with van der Waals surface area (Å²) in [5.41, 5.74) is 1.10. The second-order valence-electron chi connectivity index (χ2n) is 8.00. The van der Waals surface area contributed by atoms with Crippen molar-refractivity contribution in [2.45, 2.75) is 65.1 Å². The fourth-order valence-electron chi connectivity index (χ4n) is 3.32. The molecule has 0 aromatic carbocycles. The van der Waals surface area contributed by atoms with Crippen LogP contribution in [-0.4, -0.2) is 54.2 Å². The number of rotatable bonds is 8. The van der Waals surface area contributed by atoms with Crippen LogP contribution in [0.5, 0.6) is 5.88 Å². The highest BCUT2D eigenvalue weighted by Crippen LogP contribution is 2.29. The molecule has 2 heterocycles. The maximum absolute atomic E-state index is 5.70. The second kappa shape index (κ2) is 9.93. The minimum absolute atomic E-state index is 0.495. The number of piperidine rings is 1. The van der Waals surface area contributed by atoms with Crippen molar-refractivity contribution in [3.8, 4) is 5.88 Å². The summed E-state index contributed by atoms with van der Waals surface area (Å²) in [4.78, 5) is 11.7. The minimum atomic E-state index is 0.495. The number of likely N-dealkylation sites (tertiary alicyclic amines) is 1. The van der Waals surface area contributed by atoms with E-state index in [9.17, 15) is 0 Å². The Morgan fingerprint density at radius 1 is 1.26 bits per heavy atom. The monoisotopic (exact) mass is 373 g/mol. The lowest BCUT2D eigenvalue weighted by Crippen LogP contribution is -2.49. The number of aromatic nitrogens is 1. The fraction of sp³-hybridized carbons (Fsp3) is 0.714. The van der Waals surface area contributed by atoms with E-state index in [0.717, 1.165) is 62.4 Å². The summed E-state index contributed by atoms with van der Waals surface area (Å²) in [7, 11) is 0. The van der Waals surface area contributed by atoms with Gasteiger partial charge in [0.15, 0.2) is 5.96 Å². The molecule has 1 aliphatic heterocycles. The van der Waals surface area contributed by atoms with Crippen molar-refractivity contribution in [2.24, 2.45) is 10.9 Å². The first-order chi connectivity index (χ1) is 13.1. The Morgan fingerprint density at radius 3 is 2.63 bits per heavy atom. The molecule has 0 bridgehead atoms. The molecular formula is C21H35N5O. The van der Waals surface area contributed by atoms with Crippen molar-refractivity contribution in [1.82, 2.24) is 20.5 Å². The van der Waals surface area contributed by atoms with Gasteiger partial charge in [-0.15, -0.1) is 0 Å². The van der Waals surface area contributed by atoms with E-state index in [2.05, 4.69) is 47.4 Å². The summed E-state index contributed by atoms with van der Waals surface area (Å²) in [5.74, 6) is 2.36. The summed E-state index contributed by atoms with van der Waals surface area (Å²) in [6.45, 7) is 11.2. The molecule has 0 radical (unpaired) electrons. The van der Waals surface area contributed by atoms with E-state index in [1.165, 1.54) is 12.8 Å². The van der Waals surface area contributed by atoms with Crippen LogP contribution < -0.4 is 15.4 Å². The van der Waals surface area contributed by atoms with Crippen molar-refractivity contribution in [3.63, 3.8) is 0 Å². The second-order valence-corrected chi connectivity index (χ2v) is 8.00. The lowest BCUT2D eigenvalue weighted by molar-refractivity contribution is 0.167. The average Bonchev–Trinajstić information content (AvgIpc) is 3.50.